The quantitative estimate of drug-likeness (QED) is 0.757. The Kier molecular flexibility index (Phi) is 5.91. The number of hydrogen-bond acceptors (Lipinski definition) is 5. The monoisotopic (exact) mass is 320 g/mol. The Morgan fingerprint density at radius 1 is 1.38 bits per heavy atom. The molecular formula is C12H17FN2O5S. The normalized spacial score (nSPS) is 11.3. The van der Waals surface area contributed by atoms with Gasteiger partial charge in [0.25, 0.3) is 0 Å². The van der Waals surface area contributed by atoms with E-state index in [1.807, 2.05) is 0 Å². The highest BCUT2D eigenvalue weighted by atomic mass is 32.2. The molecule has 0 heterocycles. The molecule has 0 aliphatic carbocycles. The summed E-state index contributed by atoms with van der Waals surface area (Å²) in [5.41, 5.74) is 0.0539. The fraction of sp³-hybridized carbons (Fsp3) is 0.417. The molecule has 0 saturated carbocycles. The van der Waals surface area contributed by atoms with E-state index in [1.165, 1.54) is 33.4 Å². The molecule has 21 heavy (non-hydrogen) atoms. The molecule has 0 aromatic heterocycles. The van der Waals surface area contributed by atoms with Crippen molar-refractivity contribution in [2.24, 2.45) is 0 Å². The molecule has 1 aromatic carbocycles. The van der Waals surface area contributed by atoms with E-state index in [0.29, 0.717) is 0 Å². The second-order valence-corrected chi connectivity index (χ2v) is 5.88. The lowest BCUT2D eigenvalue weighted by Crippen LogP contribution is -2.34. The Hall–Kier alpha value is -1.87. The number of nitrogens with zero attached hydrogens (tertiary/aromatic N) is 1. The zero-order valence-corrected chi connectivity index (χ0v) is 12.7. The van der Waals surface area contributed by atoms with Gasteiger partial charge in [-0.3, -0.25) is 9.52 Å². The lowest BCUT2D eigenvalue weighted by atomic mass is 10.3. The molecule has 0 aliphatic heterocycles. The van der Waals surface area contributed by atoms with Gasteiger partial charge in [0.2, 0.25) is 0 Å². The van der Waals surface area contributed by atoms with Gasteiger partial charge in [0.15, 0.2) is 11.6 Å². The number of carbonyl (C=O) groups is 1. The Bertz CT molecular complexity index is 606. The number of anilines is 1. The Labute approximate surface area is 122 Å². The maximum Gasteiger partial charge on any atom is 0.306 e. The topological polar surface area (TPSA) is 84.9 Å². The first-order valence-electron chi connectivity index (χ1n) is 5.94. The summed E-state index contributed by atoms with van der Waals surface area (Å²) in [5.74, 6) is -1.19. The SMILES string of the molecule is COC(=O)CCN(C)S(=O)(=O)Nc1ccc(OC)c(F)c1. The van der Waals surface area contributed by atoms with Crippen molar-refractivity contribution < 1.29 is 27.1 Å². The summed E-state index contributed by atoms with van der Waals surface area (Å²) >= 11 is 0. The van der Waals surface area contributed by atoms with Crippen molar-refractivity contribution in [3.63, 3.8) is 0 Å². The van der Waals surface area contributed by atoms with E-state index >= 15 is 0 Å². The minimum atomic E-state index is -3.89. The van der Waals surface area contributed by atoms with E-state index < -0.39 is 22.0 Å². The van der Waals surface area contributed by atoms with Gasteiger partial charge in [-0.2, -0.15) is 12.7 Å². The highest BCUT2D eigenvalue weighted by molar-refractivity contribution is 7.90. The number of halogens is 1. The van der Waals surface area contributed by atoms with Crippen molar-refractivity contribution in [3.05, 3.63) is 24.0 Å². The van der Waals surface area contributed by atoms with E-state index in [4.69, 9.17) is 4.74 Å². The molecule has 0 spiro atoms. The van der Waals surface area contributed by atoms with Gasteiger partial charge in [-0.1, -0.05) is 0 Å². The fourth-order valence-electron chi connectivity index (χ4n) is 1.43. The highest BCUT2D eigenvalue weighted by Crippen LogP contribution is 2.21. The summed E-state index contributed by atoms with van der Waals surface area (Å²) in [5, 5.41) is 0. The Morgan fingerprint density at radius 3 is 2.57 bits per heavy atom. The van der Waals surface area contributed by atoms with Crippen LogP contribution in [0, 0.1) is 5.82 Å². The summed E-state index contributed by atoms with van der Waals surface area (Å²) in [7, 11) is -0.0628. The van der Waals surface area contributed by atoms with Crippen molar-refractivity contribution in [2.45, 2.75) is 6.42 Å². The first kappa shape index (κ1) is 17.2. The molecule has 0 amide bonds. The lowest BCUT2D eigenvalue weighted by Gasteiger charge is -2.18. The third kappa shape index (κ3) is 4.87. The van der Waals surface area contributed by atoms with Crippen LogP contribution >= 0.6 is 0 Å². The molecule has 118 valence electrons. The maximum atomic E-state index is 13.5. The van der Waals surface area contributed by atoms with Crippen LogP contribution in [0.2, 0.25) is 0 Å². The number of nitrogens with one attached hydrogen (secondary N) is 1. The van der Waals surface area contributed by atoms with Crippen molar-refractivity contribution >= 4 is 21.9 Å². The first-order chi connectivity index (χ1) is 9.80. The van der Waals surface area contributed by atoms with Crippen LogP contribution in [0.25, 0.3) is 0 Å². The van der Waals surface area contributed by atoms with Crippen molar-refractivity contribution in [3.8, 4) is 5.75 Å². The van der Waals surface area contributed by atoms with Crippen molar-refractivity contribution in [2.75, 3.05) is 32.5 Å². The first-order valence-corrected chi connectivity index (χ1v) is 7.38. The fourth-order valence-corrected chi connectivity index (χ4v) is 2.34. The molecule has 0 atom stereocenters. The van der Waals surface area contributed by atoms with Gasteiger partial charge in [-0.25, -0.2) is 4.39 Å². The van der Waals surface area contributed by atoms with Crippen LogP contribution < -0.4 is 9.46 Å². The predicted molar refractivity (Wildman–Crippen MR) is 74.8 cm³/mol. The smallest absolute Gasteiger partial charge is 0.306 e. The average Bonchev–Trinajstić information content (AvgIpc) is 2.44. The number of ether oxygens (including phenoxy) is 2. The predicted octanol–water partition coefficient (Wildman–Crippen LogP) is 0.986. The molecule has 1 aromatic rings. The number of benzene rings is 1. The third-order valence-electron chi connectivity index (χ3n) is 2.67. The molecule has 0 saturated heterocycles. The van der Waals surface area contributed by atoms with Gasteiger partial charge < -0.3 is 9.47 Å². The van der Waals surface area contributed by atoms with Crippen LogP contribution in [0.3, 0.4) is 0 Å². The summed E-state index contributed by atoms with van der Waals surface area (Å²) in [6.45, 7) is -0.0549. The molecule has 0 bridgehead atoms. The average molecular weight is 320 g/mol. The molecule has 0 fully saturated rings. The van der Waals surface area contributed by atoms with E-state index in [0.717, 1.165) is 10.4 Å². The van der Waals surface area contributed by atoms with Gasteiger partial charge in [0, 0.05) is 19.7 Å². The van der Waals surface area contributed by atoms with Gasteiger partial charge in [0.05, 0.1) is 26.3 Å². The van der Waals surface area contributed by atoms with Crippen LogP contribution in [-0.2, 0) is 19.7 Å². The van der Waals surface area contributed by atoms with Crippen LogP contribution in [-0.4, -0.2) is 46.5 Å². The van der Waals surface area contributed by atoms with Crippen LogP contribution in [0.1, 0.15) is 6.42 Å². The molecule has 9 heteroatoms. The summed E-state index contributed by atoms with van der Waals surface area (Å²) in [6.07, 6.45) is -0.0785. The minimum Gasteiger partial charge on any atom is -0.494 e. The van der Waals surface area contributed by atoms with Crippen molar-refractivity contribution in [1.29, 1.82) is 0 Å². The zero-order chi connectivity index (χ0) is 16.0. The number of esters is 1. The second kappa shape index (κ2) is 7.23. The van der Waals surface area contributed by atoms with E-state index in [2.05, 4.69) is 9.46 Å². The number of hydrogen-bond donors (Lipinski definition) is 1. The maximum absolute atomic E-state index is 13.5. The number of carbonyl (C=O) groups excluding carboxylic acids is 1. The third-order valence-corrected chi connectivity index (χ3v) is 4.16. The standard InChI is InChI=1S/C12H17FN2O5S/c1-15(7-6-12(16)20-3)21(17,18)14-9-4-5-11(19-2)10(13)8-9/h4-5,8,14H,6-7H2,1-3H3. The highest BCUT2D eigenvalue weighted by Gasteiger charge is 2.19. The van der Waals surface area contributed by atoms with E-state index in [1.54, 1.807) is 0 Å². The molecule has 0 radical (unpaired) electrons. The van der Waals surface area contributed by atoms with Gasteiger partial charge in [-0.05, 0) is 12.1 Å². The molecular weight excluding hydrogens is 303 g/mol. The van der Waals surface area contributed by atoms with Gasteiger partial charge >= 0.3 is 16.2 Å². The lowest BCUT2D eigenvalue weighted by molar-refractivity contribution is -0.140. The second-order valence-electron chi connectivity index (χ2n) is 4.10. The number of methoxy groups -OCH3 is 2. The van der Waals surface area contributed by atoms with Crippen LogP contribution in [0.4, 0.5) is 10.1 Å². The molecule has 1 N–H and O–H groups in total. The van der Waals surface area contributed by atoms with E-state index in [-0.39, 0.29) is 24.4 Å². The van der Waals surface area contributed by atoms with Crippen LogP contribution in [0.15, 0.2) is 18.2 Å². The zero-order valence-electron chi connectivity index (χ0n) is 11.9. The molecule has 1 rings (SSSR count). The van der Waals surface area contributed by atoms with Crippen LogP contribution in [0.5, 0.6) is 5.75 Å². The summed E-state index contributed by atoms with van der Waals surface area (Å²) < 4.78 is 49.8. The molecule has 0 aliphatic rings. The largest absolute Gasteiger partial charge is 0.494 e. The Morgan fingerprint density at radius 2 is 2.05 bits per heavy atom. The summed E-state index contributed by atoms with van der Waals surface area (Å²) in [4.78, 5) is 11.0. The Balaban J connectivity index is 2.75. The minimum absolute atomic E-state index is 0.0111. The number of rotatable bonds is 7. The van der Waals surface area contributed by atoms with Gasteiger partial charge in [0.1, 0.15) is 0 Å². The van der Waals surface area contributed by atoms with E-state index in [9.17, 15) is 17.6 Å². The molecule has 0 unspecified atom stereocenters. The summed E-state index contributed by atoms with van der Waals surface area (Å²) in [6, 6.07) is 3.68. The molecule has 7 nitrogen and oxygen atoms in total. The van der Waals surface area contributed by atoms with Crippen molar-refractivity contribution in [1.82, 2.24) is 4.31 Å². The van der Waals surface area contributed by atoms with Gasteiger partial charge in [-0.15, -0.1) is 0 Å².